The van der Waals surface area contributed by atoms with Gasteiger partial charge in [-0.3, -0.25) is 4.55 Å². The minimum Gasteiger partial charge on any atom is -0.398 e. The molecule has 0 atom stereocenters. The molecular weight excluding hydrogens is 312 g/mol. The molecule has 0 unspecified atom stereocenters. The van der Waals surface area contributed by atoms with Crippen LogP contribution in [0.25, 0.3) is 10.2 Å². The number of rotatable bonds is 3. The lowest BCUT2D eigenvalue weighted by atomic mass is 10.3. The van der Waals surface area contributed by atoms with Crippen molar-refractivity contribution in [1.29, 1.82) is 0 Å². The summed E-state index contributed by atoms with van der Waals surface area (Å²) in [5, 5.41) is 0. The van der Waals surface area contributed by atoms with Crippen LogP contribution in [-0.2, 0) is 20.0 Å². The van der Waals surface area contributed by atoms with Crippen LogP contribution in [-0.4, -0.2) is 32.1 Å². The number of aromatic nitrogens is 1. The standard InChI is InChI=1S/C9H10N2O5S3/c1-2-18(12,13)9-11-6-4-8(19(14,15)16)5(10)3-7(6)17-9/h3-4H,2,10H2,1H3,(H,14,15,16). The topological polar surface area (TPSA) is 127 Å². The first kappa shape index (κ1) is 14.2. The summed E-state index contributed by atoms with van der Waals surface area (Å²) in [7, 11) is -7.93. The fourth-order valence-corrected chi connectivity index (χ4v) is 4.39. The average molecular weight is 322 g/mol. The Labute approximate surface area is 113 Å². The van der Waals surface area contributed by atoms with Gasteiger partial charge in [-0.15, -0.1) is 11.3 Å². The van der Waals surface area contributed by atoms with Gasteiger partial charge in [-0.2, -0.15) is 8.42 Å². The summed E-state index contributed by atoms with van der Waals surface area (Å²) in [6.45, 7) is 1.49. The third kappa shape index (κ3) is 2.56. The molecule has 0 radical (unpaired) electrons. The summed E-state index contributed by atoms with van der Waals surface area (Å²) < 4.78 is 54.9. The Morgan fingerprint density at radius 2 is 1.95 bits per heavy atom. The number of thiazole rings is 1. The van der Waals surface area contributed by atoms with Crippen molar-refractivity contribution in [1.82, 2.24) is 4.98 Å². The van der Waals surface area contributed by atoms with Crippen LogP contribution in [0.2, 0.25) is 0 Å². The van der Waals surface area contributed by atoms with E-state index in [2.05, 4.69) is 4.98 Å². The van der Waals surface area contributed by atoms with Gasteiger partial charge in [0.15, 0.2) is 0 Å². The van der Waals surface area contributed by atoms with Gasteiger partial charge >= 0.3 is 0 Å². The number of hydrogen-bond acceptors (Lipinski definition) is 7. The molecule has 0 bridgehead atoms. The summed E-state index contributed by atoms with van der Waals surface area (Å²) in [5.74, 6) is -0.104. The van der Waals surface area contributed by atoms with Crippen molar-refractivity contribution in [2.24, 2.45) is 0 Å². The number of nitrogen functional groups attached to an aromatic ring is 1. The van der Waals surface area contributed by atoms with Gasteiger partial charge in [-0.25, -0.2) is 13.4 Å². The predicted molar refractivity (Wildman–Crippen MR) is 71.6 cm³/mol. The van der Waals surface area contributed by atoms with E-state index in [4.69, 9.17) is 10.3 Å². The molecule has 1 aromatic carbocycles. The second-order valence-electron chi connectivity index (χ2n) is 3.72. The summed E-state index contributed by atoms with van der Waals surface area (Å²) in [6.07, 6.45) is 0. The zero-order valence-electron chi connectivity index (χ0n) is 9.69. The fraction of sp³-hybridized carbons (Fsp3) is 0.222. The van der Waals surface area contributed by atoms with Gasteiger partial charge < -0.3 is 5.73 Å². The second-order valence-corrected chi connectivity index (χ2v) is 8.59. The van der Waals surface area contributed by atoms with E-state index < -0.39 is 24.9 Å². The van der Waals surface area contributed by atoms with Crippen molar-refractivity contribution in [2.45, 2.75) is 16.2 Å². The van der Waals surface area contributed by atoms with Crippen LogP contribution in [0.5, 0.6) is 0 Å². The number of fused-ring (bicyclic) bond motifs is 1. The van der Waals surface area contributed by atoms with E-state index in [9.17, 15) is 16.8 Å². The van der Waals surface area contributed by atoms with Crippen molar-refractivity contribution < 1.29 is 21.4 Å². The minimum absolute atomic E-state index is 0.100. The van der Waals surface area contributed by atoms with Crippen molar-refractivity contribution in [2.75, 3.05) is 11.5 Å². The molecule has 0 fully saturated rings. The number of nitrogens with zero attached hydrogens (tertiary/aromatic N) is 1. The van der Waals surface area contributed by atoms with Gasteiger partial charge in [0.1, 0.15) is 4.90 Å². The second kappa shape index (κ2) is 4.40. The van der Waals surface area contributed by atoms with Crippen LogP contribution < -0.4 is 5.73 Å². The normalized spacial score (nSPS) is 12.9. The number of anilines is 1. The average Bonchev–Trinajstić information content (AvgIpc) is 2.70. The van der Waals surface area contributed by atoms with Crippen molar-refractivity contribution >= 4 is 47.2 Å². The molecule has 0 aliphatic carbocycles. The van der Waals surface area contributed by atoms with E-state index >= 15 is 0 Å². The van der Waals surface area contributed by atoms with E-state index in [1.54, 1.807) is 0 Å². The first-order valence-corrected chi connectivity index (χ1v) is 8.96. The third-order valence-corrected chi connectivity index (χ3v) is 6.54. The molecule has 2 aromatic rings. The fourth-order valence-electron chi connectivity index (χ4n) is 1.43. The van der Waals surface area contributed by atoms with Gasteiger partial charge in [0.05, 0.1) is 21.7 Å². The zero-order chi connectivity index (χ0) is 14.4. The maximum absolute atomic E-state index is 11.7. The van der Waals surface area contributed by atoms with E-state index in [0.29, 0.717) is 4.70 Å². The molecule has 0 aliphatic heterocycles. The summed E-state index contributed by atoms with van der Waals surface area (Å²) in [6, 6.07) is 2.34. The van der Waals surface area contributed by atoms with Crippen molar-refractivity contribution in [3.8, 4) is 0 Å². The molecule has 7 nitrogen and oxygen atoms in total. The lowest BCUT2D eigenvalue weighted by Gasteiger charge is -2.00. The quantitative estimate of drug-likeness (QED) is 0.635. The lowest BCUT2D eigenvalue weighted by molar-refractivity contribution is 0.483. The highest BCUT2D eigenvalue weighted by atomic mass is 32.2. The van der Waals surface area contributed by atoms with Crippen LogP contribution in [0.15, 0.2) is 21.4 Å². The SMILES string of the molecule is CCS(=O)(=O)c1nc2cc(S(=O)(=O)O)c(N)cc2s1. The summed E-state index contributed by atoms with van der Waals surface area (Å²) >= 11 is 0.907. The van der Waals surface area contributed by atoms with Gasteiger partial charge in [0, 0.05) is 0 Å². The minimum atomic E-state index is -4.47. The summed E-state index contributed by atoms with van der Waals surface area (Å²) in [5.41, 5.74) is 5.53. The van der Waals surface area contributed by atoms with Gasteiger partial charge in [-0.05, 0) is 12.1 Å². The third-order valence-electron chi connectivity index (χ3n) is 2.42. The number of hydrogen-bond donors (Lipinski definition) is 2. The Kier molecular flexibility index (Phi) is 3.29. The number of sulfone groups is 1. The first-order chi connectivity index (χ1) is 8.65. The Morgan fingerprint density at radius 1 is 1.32 bits per heavy atom. The molecule has 1 heterocycles. The Bertz CT molecular complexity index is 851. The molecule has 0 aliphatic rings. The number of nitrogens with two attached hydrogens (primary N) is 1. The summed E-state index contributed by atoms with van der Waals surface area (Å²) in [4.78, 5) is 3.39. The van der Waals surface area contributed by atoms with Crippen LogP contribution in [0.4, 0.5) is 5.69 Å². The van der Waals surface area contributed by atoms with Gasteiger partial charge in [0.25, 0.3) is 10.1 Å². The Morgan fingerprint density at radius 3 is 2.47 bits per heavy atom. The highest BCUT2D eigenvalue weighted by molar-refractivity contribution is 7.93. The van der Waals surface area contributed by atoms with Crippen LogP contribution >= 0.6 is 11.3 Å². The molecule has 2 rings (SSSR count). The van der Waals surface area contributed by atoms with Crippen LogP contribution in [0.1, 0.15) is 6.92 Å². The Balaban J connectivity index is 2.76. The first-order valence-electron chi connectivity index (χ1n) is 5.05. The molecule has 10 heteroatoms. The van der Waals surface area contributed by atoms with E-state index in [-0.39, 0.29) is 21.3 Å². The van der Waals surface area contributed by atoms with E-state index in [0.717, 1.165) is 17.4 Å². The van der Waals surface area contributed by atoms with E-state index in [1.165, 1.54) is 13.0 Å². The highest BCUT2D eigenvalue weighted by Crippen LogP contribution is 2.31. The lowest BCUT2D eigenvalue weighted by Crippen LogP contribution is -2.03. The molecule has 104 valence electrons. The number of benzene rings is 1. The smallest absolute Gasteiger partial charge is 0.296 e. The molecule has 0 saturated heterocycles. The predicted octanol–water partition coefficient (Wildman–Crippen LogP) is 0.919. The van der Waals surface area contributed by atoms with Crippen molar-refractivity contribution in [3.05, 3.63) is 12.1 Å². The Hall–Kier alpha value is -1.23. The molecule has 0 amide bonds. The molecule has 1 aromatic heterocycles. The molecule has 19 heavy (non-hydrogen) atoms. The largest absolute Gasteiger partial charge is 0.398 e. The molecule has 3 N–H and O–H groups in total. The van der Waals surface area contributed by atoms with Crippen molar-refractivity contribution in [3.63, 3.8) is 0 Å². The molecular formula is C9H10N2O5S3. The monoisotopic (exact) mass is 322 g/mol. The molecule has 0 spiro atoms. The van der Waals surface area contributed by atoms with Gasteiger partial charge in [-0.1, -0.05) is 6.92 Å². The maximum atomic E-state index is 11.7. The maximum Gasteiger partial charge on any atom is 0.296 e. The molecule has 0 saturated carbocycles. The van der Waals surface area contributed by atoms with Crippen LogP contribution in [0, 0.1) is 0 Å². The zero-order valence-corrected chi connectivity index (χ0v) is 12.1. The van der Waals surface area contributed by atoms with Gasteiger partial charge in [0.2, 0.25) is 14.2 Å². The van der Waals surface area contributed by atoms with Crippen LogP contribution in [0.3, 0.4) is 0 Å². The highest BCUT2D eigenvalue weighted by Gasteiger charge is 2.21. The van der Waals surface area contributed by atoms with E-state index in [1.807, 2.05) is 0 Å².